The van der Waals surface area contributed by atoms with Gasteiger partial charge in [0.25, 0.3) is 5.91 Å². The highest BCUT2D eigenvalue weighted by Crippen LogP contribution is 2.41. The van der Waals surface area contributed by atoms with E-state index in [9.17, 15) is 9.18 Å². The van der Waals surface area contributed by atoms with E-state index in [0.717, 1.165) is 34.8 Å². The molecule has 3 aromatic rings. The van der Waals surface area contributed by atoms with Gasteiger partial charge < -0.3 is 9.64 Å². The molecule has 6 rings (SSSR count). The van der Waals surface area contributed by atoms with Crippen LogP contribution < -0.4 is 0 Å². The second-order valence-corrected chi connectivity index (χ2v) is 8.53. The molecule has 9 heteroatoms. The first-order chi connectivity index (χ1) is 15.6. The zero-order valence-corrected chi connectivity index (χ0v) is 17.5. The van der Waals surface area contributed by atoms with Crippen molar-refractivity contribution < 1.29 is 13.9 Å². The van der Waals surface area contributed by atoms with Crippen LogP contribution in [0.15, 0.2) is 36.7 Å². The summed E-state index contributed by atoms with van der Waals surface area (Å²) in [4.78, 5) is 25.7. The molecule has 3 aliphatic rings. The topological polar surface area (TPSA) is 86.0 Å². The molecular formula is C23H21FN6O2. The summed E-state index contributed by atoms with van der Waals surface area (Å²) in [5, 5.41) is 8.13. The van der Waals surface area contributed by atoms with Gasteiger partial charge in [0, 0.05) is 24.3 Å². The Labute approximate surface area is 183 Å². The summed E-state index contributed by atoms with van der Waals surface area (Å²) in [6, 6.07) is 4.51. The lowest BCUT2D eigenvalue weighted by molar-refractivity contribution is 0.0780. The maximum atomic E-state index is 14.7. The third-order valence-corrected chi connectivity index (χ3v) is 6.59. The summed E-state index contributed by atoms with van der Waals surface area (Å²) in [6.45, 7) is 4.21. The Morgan fingerprint density at radius 2 is 2.00 bits per heavy atom. The number of halogens is 1. The molecule has 0 spiro atoms. The highest BCUT2D eigenvalue weighted by Gasteiger charge is 2.40. The van der Waals surface area contributed by atoms with Crippen molar-refractivity contribution in [2.45, 2.75) is 26.6 Å². The molecule has 0 saturated carbocycles. The lowest BCUT2D eigenvalue weighted by Gasteiger charge is -2.19. The average molecular weight is 432 g/mol. The summed E-state index contributed by atoms with van der Waals surface area (Å²) < 4.78 is 20.2. The minimum Gasteiger partial charge on any atom is -0.370 e. The van der Waals surface area contributed by atoms with Crippen molar-refractivity contribution in [3.63, 3.8) is 0 Å². The standard InChI is InChI=1S/C23H21FN6O2/c1-13-17-11-32-12-19(17)28-22(27-13)14-7-15-9-29(10-16(15)8-14)23(31)21-18(24)3-2-4-20(21)30-25-5-6-26-30/h2-7,15-16H,8-12H2,1H3. The molecule has 1 fully saturated rings. The Morgan fingerprint density at radius 1 is 1.16 bits per heavy atom. The second kappa shape index (κ2) is 7.30. The van der Waals surface area contributed by atoms with Gasteiger partial charge in [-0.05, 0) is 42.9 Å². The van der Waals surface area contributed by atoms with Crippen LogP contribution in [0.4, 0.5) is 4.39 Å². The highest BCUT2D eigenvalue weighted by molar-refractivity contribution is 5.98. The van der Waals surface area contributed by atoms with Crippen LogP contribution in [-0.2, 0) is 18.0 Å². The quantitative estimate of drug-likeness (QED) is 0.633. The number of fused-ring (bicyclic) bond motifs is 2. The molecule has 32 heavy (non-hydrogen) atoms. The number of likely N-dealkylation sites (tertiary alicyclic amines) is 1. The predicted octanol–water partition coefficient (Wildman–Crippen LogP) is 2.71. The van der Waals surface area contributed by atoms with E-state index < -0.39 is 5.82 Å². The normalized spacial score (nSPS) is 21.6. The van der Waals surface area contributed by atoms with E-state index in [1.165, 1.54) is 23.3 Å². The number of ether oxygens (including phenoxy) is 1. The first-order valence-electron chi connectivity index (χ1n) is 10.7. The highest BCUT2D eigenvalue weighted by atomic mass is 19.1. The lowest BCUT2D eigenvalue weighted by atomic mass is 10.00. The van der Waals surface area contributed by atoms with Crippen LogP contribution in [0.1, 0.15) is 39.6 Å². The largest absolute Gasteiger partial charge is 0.370 e. The number of hydrogen-bond donors (Lipinski definition) is 0. The van der Waals surface area contributed by atoms with Crippen molar-refractivity contribution in [3.8, 4) is 5.69 Å². The molecule has 162 valence electrons. The Balaban J connectivity index is 1.25. The molecule has 2 aliphatic heterocycles. The van der Waals surface area contributed by atoms with Crippen molar-refractivity contribution >= 4 is 11.5 Å². The number of allylic oxidation sites excluding steroid dienone is 1. The smallest absolute Gasteiger partial charge is 0.259 e. The number of rotatable bonds is 3. The van der Waals surface area contributed by atoms with Crippen molar-refractivity contribution in [2.24, 2.45) is 11.8 Å². The van der Waals surface area contributed by atoms with Crippen LogP contribution in [0.5, 0.6) is 0 Å². The molecule has 2 unspecified atom stereocenters. The van der Waals surface area contributed by atoms with Crippen molar-refractivity contribution in [1.82, 2.24) is 29.9 Å². The number of carbonyl (C=O) groups excluding carboxylic acids is 1. The molecule has 0 radical (unpaired) electrons. The van der Waals surface area contributed by atoms with Gasteiger partial charge in [-0.15, -0.1) is 0 Å². The van der Waals surface area contributed by atoms with E-state index in [1.807, 2.05) is 6.92 Å². The fourth-order valence-electron chi connectivity index (χ4n) is 4.99. The van der Waals surface area contributed by atoms with E-state index >= 15 is 0 Å². The molecule has 1 saturated heterocycles. The molecule has 2 aromatic heterocycles. The third-order valence-electron chi connectivity index (χ3n) is 6.59. The summed E-state index contributed by atoms with van der Waals surface area (Å²) >= 11 is 0. The SMILES string of the molecule is Cc1nc(C2=CC3CN(C(=O)c4c(F)cccc4-n4nccn4)CC3C2)nc2c1COC2. The van der Waals surface area contributed by atoms with E-state index in [4.69, 9.17) is 14.7 Å². The van der Waals surface area contributed by atoms with Crippen LogP contribution in [0.25, 0.3) is 11.3 Å². The van der Waals surface area contributed by atoms with Gasteiger partial charge >= 0.3 is 0 Å². The Kier molecular flexibility index (Phi) is 4.39. The molecule has 1 aliphatic carbocycles. The Bertz CT molecular complexity index is 1260. The number of amides is 1. The van der Waals surface area contributed by atoms with Gasteiger partial charge in [0.1, 0.15) is 17.1 Å². The van der Waals surface area contributed by atoms with Gasteiger partial charge in [-0.25, -0.2) is 14.4 Å². The monoisotopic (exact) mass is 432 g/mol. The van der Waals surface area contributed by atoms with E-state index in [2.05, 4.69) is 16.3 Å². The lowest BCUT2D eigenvalue weighted by Crippen LogP contribution is -2.31. The van der Waals surface area contributed by atoms with Gasteiger partial charge in [-0.1, -0.05) is 12.1 Å². The zero-order chi connectivity index (χ0) is 21.8. The number of benzene rings is 1. The van der Waals surface area contributed by atoms with E-state index in [1.54, 1.807) is 17.0 Å². The molecule has 1 amide bonds. The minimum atomic E-state index is -0.567. The fourth-order valence-corrected chi connectivity index (χ4v) is 4.99. The van der Waals surface area contributed by atoms with E-state index in [0.29, 0.717) is 32.0 Å². The summed E-state index contributed by atoms with van der Waals surface area (Å²) in [5.41, 5.74) is 4.51. The van der Waals surface area contributed by atoms with Crippen LogP contribution in [0, 0.1) is 24.6 Å². The summed E-state index contributed by atoms with van der Waals surface area (Å²) in [5.74, 6) is 0.352. The van der Waals surface area contributed by atoms with Crippen LogP contribution in [0.3, 0.4) is 0 Å². The molecule has 4 heterocycles. The van der Waals surface area contributed by atoms with E-state index in [-0.39, 0.29) is 23.3 Å². The number of hydrogen-bond acceptors (Lipinski definition) is 6. The summed E-state index contributed by atoms with van der Waals surface area (Å²) in [7, 11) is 0. The third kappa shape index (κ3) is 3.03. The maximum absolute atomic E-state index is 14.7. The number of carbonyl (C=O) groups is 1. The molecule has 2 atom stereocenters. The predicted molar refractivity (Wildman–Crippen MR) is 112 cm³/mol. The zero-order valence-electron chi connectivity index (χ0n) is 17.5. The van der Waals surface area contributed by atoms with Crippen LogP contribution in [-0.4, -0.2) is 48.9 Å². The summed E-state index contributed by atoms with van der Waals surface area (Å²) in [6.07, 6.45) is 5.99. The van der Waals surface area contributed by atoms with Gasteiger partial charge in [0.05, 0.1) is 31.3 Å². The molecule has 8 nitrogen and oxygen atoms in total. The second-order valence-electron chi connectivity index (χ2n) is 8.53. The van der Waals surface area contributed by atoms with Crippen molar-refractivity contribution in [2.75, 3.05) is 13.1 Å². The number of aromatic nitrogens is 5. The van der Waals surface area contributed by atoms with Gasteiger partial charge in [-0.3, -0.25) is 4.79 Å². The van der Waals surface area contributed by atoms with Gasteiger partial charge in [0.15, 0.2) is 5.82 Å². The molecule has 0 N–H and O–H groups in total. The fraction of sp³-hybridized carbons (Fsp3) is 0.348. The van der Waals surface area contributed by atoms with Crippen molar-refractivity contribution in [1.29, 1.82) is 0 Å². The average Bonchev–Trinajstić information content (AvgIpc) is 3.56. The van der Waals surface area contributed by atoms with Gasteiger partial charge in [-0.2, -0.15) is 15.0 Å². The Hall–Kier alpha value is -3.46. The minimum absolute atomic E-state index is 0.00505. The molecule has 1 aromatic carbocycles. The molecular weight excluding hydrogens is 411 g/mol. The first-order valence-corrected chi connectivity index (χ1v) is 10.7. The Morgan fingerprint density at radius 3 is 2.81 bits per heavy atom. The van der Waals surface area contributed by atoms with Gasteiger partial charge in [0.2, 0.25) is 0 Å². The maximum Gasteiger partial charge on any atom is 0.259 e. The molecule has 0 bridgehead atoms. The first kappa shape index (κ1) is 19.2. The van der Waals surface area contributed by atoms with Crippen LogP contribution in [0.2, 0.25) is 0 Å². The number of nitrogens with zero attached hydrogens (tertiary/aromatic N) is 6. The van der Waals surface area contributed by atoms with Crippen molar-refractivity contribution in [3.05, 3.63) is 70.8 Å². The van der Waals surface area contributed by atoms with Crippen LogP contribution >= 0.6 is 0 Å². The number of aryl methyl sites for hydroxylation is 1.